The van der Waals surface area contributed by atoms with Crippen LogP contribution in [-0.2, 0) is 4.79 Å². The van der Waals surface area contributed by atoms with Crippen molar-refractivity contribution in [2.75, 3.05) is 5.32 Å². The largest absolute Gasteiger partial charge is 0.326 e. The summed E-state index contributed by atoms with van der Waals surface area (Å²) >= 11 is 5.92. The van der Waals surface area contributed by atoms with E-state index in [1.165, 1.54) is 19.3 Å². The monoisotopic (exact) mass is 263 g/mol. The molecule has 96 valence electrons. The maximum absolute atomic E-state index is 12.3. The lowest BCUT2D eigenvalue weighted by Crippen LogP contribution is -2.27. The maximum atomic E-state index is 12.3. The van der Waals surface area contributed by atoms with E-state index in [1.54, 1.807) is 0 Å². The summed E-state index contributed by atoms with van der Waals surface area (Å²) in [6.45, 7) is 1.97. The minimum Gasteiger partial charge on any atom is -0.326 e. The van der Waals surface area contributed by atoms with Crippen LogP contribution in [0.25, 0.3) is 0 Å². The highest BCUT2D eigenvalue weighted by Gasteiger charge is 2.43. The van der Waals surface area contributed by atoms with E-state index in [-0.39, 0.29) is 11.8 Å². The number of halogens is 1. The molecule has 0 spiro atoms. The van der Waals surface area contributed by atoms with Crippen LogP contribution in [-0.4, -0.2) is 5.91 Å². The van der Waals surface area contributed by atoms with Crippen LogP contribution in [0.4, 0.5) is 5.69 Å². The minimum absolute atomic E-state index is 0.202. The zero-order chi connectivity index (χ0) is 12.7. The zero-order valence-electron chi connectivity index (χ0n) is 10.6. The number of benzene rings is 1. The lowest BCUT2D eigenvalue weighted by molar-refractivity contribution is -0.121. The Morgan fingerprint density at radius 2 is 2.17 bits per heavy atom. The van der Waals surface area contributed by atoms with Crippen molar-refractivity contribution in [2.24, 2.45) is 17.8 Å². The molecule has 1 N–H and O–H groups in total. The number of nitrogens with one attached hydrogen (secondary N) is 1. The van der Waals surface area contributed by atoms with Gasteiger partial charge in [-0.2, -0.15) is 0 Å². The third kappa shape index (κ3) is 2.14. The number of aryl methyl sites for hydroxylation is 1. The van der Waals surface area contributed by atoms with Gasteiger partial charge in [-0.15, -0.1) is 0 Å². The van der Waals surface area contributed by atoms with E-state index in [1.807, 2.05) is 25.1 Å². The number of carbonyl (C=O) groups is 1. The van der Waals surface area contributed by atoms with E-state index in [4.69, 9.17) is 11.6 Å². The third-order valence-electron chi connectivity index (χ3n) is 4.52. The summed E-state index contributed by atoms with van der Waals surface area (Å²) in [5, 5.41) is 3.78. The van der Waals surface area contributed by atoms with Gasteiger partial charge in [0.15, 0.2) is 0 Å². The molecule has 3 heteroatoms. The average Bonchev–Trinajstić information content (AvgIpc) is 2.94. The summed E-state index contributed by atoms with van der Waals surface area (Å²) in [6, 6.07) is 5.60. The van der Waals surface area contributed by atoms with Crippen molar-refractivity contribution in [2.45, 2.75) is 32.6 Å². The van der Waals surface area contributed by atoms with Crippen LogP contribution in [0, 0.1) is 24.7 Å². The molecule has 0 saturated heterocycles. The lowest BCUT2D eigenvalue weighted by Gasteiger charge is -2.21. The fraction of sp³-hybridized carbons (Fsp3) is 0.533. The van der Waals surface area contributed by atoms with Crippen LogP contribution >= 0.6 is 11.6 Å². The first-order chi connectivity index (χ1) is 8.63. The molecule has 2 bridgehead atoms. The highest BCUT2D eigenvalue weighted by molar-refractivity contribution is 6.30. The summed E-state index contributed by atoms with van der Waals surface area (Å²) < 4.78 is 0. The van der Waals surface area contributed by atoms with E-state index < -0.39 is 0 Å². The van der Waals surface area contributed by atoms with Gasteiger partial charge in [0.25, 0.3) is 0 Å². The molecule has 1 aromatic rings. The highest BCUT2D eigenvalue weighted by Crippen LogP contribution is 2.48. The van der Waals surface area contributed by atoms with Crippen LogP contribution in [0.2, 0.25) is 5.02 Å². The minimum atomic E-state index is 0.202. The van der Waals surface area contributed by atoms with Crippen LogP contribution < -0.4 is 5.32 Å². The van der Waals surface area contributed by atoms with Crippen molar-refractivity contribution in [3.05, 3.63) is 28.8 Å². The normalized spacial score (nSPS) is 29.6. The topological polar surface area (TPSA) is 29.1 Å². The van der Waals surface area contributed by atoms with Crippen LogP contribution in [0.15, 0.2) is 18.2 Å². The standard InChI is InChI=1S/C15H18ClNO/c1-9-6-12(16)4-5-14(9)17-15(18)13-8-10-2-3-11(13)7-10/h4-6,10-11,13H,2-3,7-8H2,1H3,(H,17,18)/t10-,11-,13+/m0/s1. The first kappa shape index (κ1) is 12.0. The first-order valence-electron chi connectivity index (χ1n) is 6.70. The molecule has 0 radical (unpaired) electrons. The van der Waals surface area contributed by atoms with Gasteiger partial charge in [0, 0.05) is 16.6 Å². The van der Waals surface area contributed by atoms with Gasteiger partial charge < -0.3 is 5.32 Å². The Bertz CT molecular complexity index is 485. The van der Waals surface area contributed by atoms with Gasteiger partial charge in [-0.3, -0.25) is 4.79 Å². The maximum Gasteiger partial charge on any atom is 0.227 e. The molecule has 3 atom stereocenters. The van der Waals surface area contributed by atoms with E-state index >= 15 is 0 Å². The SMILES string of the molecule is Cc1cc(Cl)ccc1NC(=O)[C@@H]1C[C@H]2CC[C@H]1C2. The van der Waals surface area contributed by atoms with E-state index in [2.05, 4.69) is 5.32 Å². The molecule has 2 aliphatic rings. The smallest absolute Gasteiger partial charge is 0.227 e. The molecule has 18 heavy (non-hydrogen) atoms. The Morgan fingerprint density at radius 1 is 1.33 bits per heavy atom. The number of fused-ring (bicyclic) bond motifs is 2. The molecule has 0 heterocycles. The second-order valence-electron chi connectivity index (χ2n) is 5.73. The molecule has 0 aliphatic heterocycles. The Balaban J connectivity index is 1.71. The number of rotatable bonds is 2. The lowest BCUT2D eigenvalue weighted by atomic mass is 9.88. The van der Waals surface area contributed by atoms with Crippen molar-refractivity contribution in [3.8, 4) is 0 Å². The molecular weight excluding hydrogens is 246 g/mol. The number of carbonyl (C=O) groups excluding carboxylic acids is 1. The predicted octanol–water partition coefficient (Wildman–Crippen LogP) is 4.02. The molecular formula is C15H18ClNO. The van der Waals surface area contributed by atoms with Crippen LogP contribution in [0.5, 0.6) is 0 Å². The Hall–Kier alpha value is -1.02. The summed E-state index contributed by atoms with van der Waals surface area (Å²) in [6.07, 6.45) is 4.91. The summed E-state index contributed by atoms with van der Waals surface area (Å²) in [5.41, 5.74) is 1.92. The van der Waals surface area contributed by atoms with Gasteiger partial charge in [-0.05, 0) is 61.8 Å². The Kier molecular flexibility index (Phi) is 3.06. The Morgan fingerprint density at radius 3 is 2.78 bits per heavy atom. The number of hydrogen-bond donors (Lipinski definition) is 1. The van der Waals surface area contributed by atoms with Gasteiger partial charge in [0.05, 0.1) is 0 Å². The molecule has 1 amide bonds. The fourth-order valence-electron chi connectivity index (χ4n) is 3.56. The van der Waals surface area contributed by atoms with E-state index in [9.17, 15) is 4.79 Å². The van der Waals surface area contributed by atoms with Crippen molar-refractivity contribution < 1.29 is 4.79 Å². The van der Waals surface area contributed by atoms with E-state index in [0.717, 1.165) is 23.6 Å². The average molecular weight is 264 g/mol. The molecule has 0 unspecified atom stereocenters. The van der Waals surface area contributed by atoms with Gasteiger partial charge in [-0.25, -0.2) is 0 Å². The number of hydrogen-bond acceptors (Lipinski definition) is 1. The quantitative estimate of drug-likeness (QED) is 0.858. The van der Waals surface area contributed by atoms with Gasteiger partial charge in [0.1, 0.15) is 0 Å². The number of amides is 1. The van der Waals surface area contributed by atoms with Crippen molar-refractivity contribution in [1.82, 2.24) is 0 Å². The summed E-state index contributed by atoms with van der Waals surface area (Å²) in [4.78, 5) is 12.3. The van der Waals surface area contributed by atoms with Gasteiger partial charge in [-0.1, -0.05) is 18.0 Å². The summed E-state index contributed by atoms with van der Waals surface area (Å²) in [7, 11) is 0. The molecule has 1 aromatic carbocycles. The second kappa shape index (κ2) is 4.58. The molecule has 2 fully saturated rings. The third-order valence-corrected chi connectivity index (χ3v) is 4.76. The summed E-state index contributed by atoms with van der Waals surface area (Å²) in [5.74, 6) is 1.87. The Labute approximate surface area is 113 Å². The highest BCUT2D eigenvalue weighted by atomic mass is 35.5. The number of anilines is 1. The second-order valence-corrected chi connectivity index (χ2v) is 6.17. The molecule has 2 nitrogen and oxygen atoms in total. The van der Waals surface area contributed by atoms with Crippen molar-refractivity contribution in [1.29, 1.82) is 0 Å². The van der Waals surface area contributed by atoms with Crippen molar-refractivity contribution in [3.63, 3.8) is 0 Å². The van der Waals surface area contributed by atoms with Crippen LogP contribution in [0.1, 0.15) is 31.2 Å². The first-order valence-corrected chi connectivity index (χ1v) is 7.08. The van der Waals surface area contributed by atoms with Gasteiger partial charge >= 0.3 is 0 Å². The van der Waals surface area contributed by atoms with Crippen LogP contribution in [0.3, 0.4) is 0 Å². The predicted molar refractivity (Wildman–Crippen MR) is 73.8 cm³/mol. The molecule has 2 aliphatic carbocycles. The molecule has 3 rings (SSSR count). The fourth-order valence-corrected chi connectivity index (χ4v) is 3.79. The molecule has 0 aromatic heterocycles. The molecule has 2 saturated carbocycles. The van der Waals surface area contributed by atoms with E-state index in [0.29, 0.717) is 10.9 Å². The zero-order valence-corrected chi connectivity index (χ0v) is 11.3. The van der Waals surface area contributed by atoms with Crippen molar-refractivity contribution >= 4 is 23.2 Å². The van der Waals surface area contributed by atoms with Gasteiger partial charge in [0.2, 0.25) is 5.91 Å².